The largest absolute Gasteiger partial charge is 0.497 e. The van der Waals surface area contributed by atoms with Crippen LogP contribution in [0.4, 0.5) is 0 Å². The van der Waals surface area contributed by atoms with Crippen LogP contribution in [0.25, 0.3) is 0 Å². The maximum atomic E-state index is 9.97. The molecule has 0 heterocycles. The Hall–Kier alpha value is -1.30. The summed E-state index contributed by atoms with van der Waals surface area (Å²) in [5, 5.41) is 13.0. The summed E-state index contributed by atoms with van der Waals surface area (Å²) in [6.07, 6.45) is -0.670. The summed E-state index contributed by atoms with van der Waals surface area (Å²) in [5.41, 5.74) is 7.41. The molecule has 18 heavy (non-hydrogen) atoms. The van der Waals surface area contributed by atoms with E-state index < -0.39 is 6.10 Å². The number of aliphatic hydroxyl groups is 1. The van der Waals surface area contributed by atoms with Gasteiger partial charge in [-0.15, -0.1) is 0 Å². The summed E-state index contributed by atoms with van der Waals surface area (Å²) >= 11 is 0. The molecule has 0 aliphatic carbocycles. The van der Waals surface area contributed by atoms with Gasteiger partial charge in [0.2, 0.25) is 0 Å². The molecule has 102 valence electrons. The third-order valence-corrected chi connectivity index (χ3v) is 3.03. The molecule has 2 unspecified atom stereocenters. The van der Waals surface area contributed by atoms with E-state index in [2.05, 4.69) is 5.32 Å². The van der Waals surface area contributed by atoms with Crippen LogP contribution in [0.2, 0.25) is 0 Å². The van der Waals surface area contributed by atoms with E-state index in [-0.39, 0.29) is 12.6 Å². The second-order valence-electron chi connectivity index (χ2n) is 4.13. The summed E-state index contributed by atoms with van der Waals surface area (Å²) in [5.74, 6) is 1.41. The van der Waals surface area contributed by atoms with Gasteiger partial charge in [0, 0.05) is 18.2 Å². The molecule has 5 heteroatoms. The number of methoxy groups -OCH3 is 2. The van der Waals surface area contributed by atoms with Crippen LogP contribution < -0.4 is 20.5 Å². The van der Waals surface area contributed by atoms with Crippen LogP contribution in [-0.2, 0) is 0 Å². The molecule has 0 spiro atoms. The van der Waals surface area contributed by atoms with Crippen molar-refractivity contribution in [2.45, 2.75) is 19.1 Å². The number of likely N-dealkylation sites (N-methyl/N-ethyl adjacent to an activating group) is 1. The predicted octanol–water partition coefficient (Wildman–Crippen LogP) is 0.592. The third-order valence-electron chi connectivity index (χ3n) is 3.03. The number of nitrogens with two attached hydrogens (primary N) is 1. The van der Waals surface area contributed by atoms with Crippen molar-refractivity contribution in [1.29, 1.82) is 0 Å². The summed E-state index contributed by atoms with van der Waals surface area (Å²) in [6.45, 7) is 2.13. The van der Waals surface area contributed by atoms with Gasteiger partial charge in [0.1, 0.15) is 11.5 Å². The predicted molar refractivity (Wildman–Crippen MR) is 71.1 cm³/mol. The van der Waals surface area contributed by atoms with Crippen molar-refractivity contribution < 1.29 is 14.6 Å². The van der Waals surface area contributed by atoms with Gasteiger partial charge in [-0.25, -0.2) is 0 Å². The highest BCUT2D eigenvalue weighted by Gasteiger charge is 2.24. The molecule has 0 aromatic heterocycles. The van der Waals surface area contributed by atoms with Crippen molar-refractivity contribution >= 4 is 0 Å². The average molecular weight is 254 g/mol. The fourth-order valence-electron chi connectivity index (χ4n) is 2.08. The topological polar surface area (TPSA) is 76.7 Å². The molecule has 1 rings (SSSR count). The lowest BCUT2D eigenvalue weighted by Gasteiger charge is -2.25. The number of ether oxygens (including phenoxy) is 2. The van der Waals surface area contributed by atoms with Crippen LogP contribution in [0.15, 0.2) is 12.1 Å². The zero-order valence-corrected chi connectivity index (χ0v) is 11.4. The number of aryl methyl sites for hydroxylation is 1. The van der Waals surface area contributed by atoms with Crippen LogP contribution >= 0.6 is 0 Å². The number of rotatable bonds is 6. The Balaban J connectivity index is 3.28. The maximum absolute atomic E-state index is 9.97. The lowest BCUT2D eigenvalue weighted by atomic mass is 9.95. The highest BCUT2D eigenvalue weighted by molar-refractivity contribution is 5.48. The van der Waals surface area contributed by atoms with E-state index in [0.29, 0.717) is 5.75 Å². The summed E-state index contributed by atoms with van der Waals surface area (Å²) in [4.78, 5) is 0. The van der Waals surface area contributed by atoms with Gasteiger partial charge in [-0.05, 0) is 25.6 Å². The summed E-state index contributed by atoms with van der Waals surface area (Å²) in [6, 6.07) is 3.44. The van der Waals surface area contributed by atoms with Crippen LogP contribution in [-0.4, -0.2) is 39.0 Å². The first kappa shape index (κ1) is 14.8. The van der Waals surface area contributed by atoms with Crippen LogP contribution in [0.5, 0.6) is 11.5 Å². The molecule has 1 aromatic rings. The van der Waals surface area contributed by atoms with E-state index in [4.69, 9.17) is 15.2 Å². The van der Waals surface area contributed by atoms with E-state index in [1.165, 1.54) is 0 Å². The third kappa shape index (κ3) is 2.93. The van der Waals surface area contributed by atoms with E-state index in [1.54, 1.807) is 27.3 Å². The van der Waals surface area contributed by atoms with E-state index >= 15 is 0 Å². The molecule has 4 N–H and O–H groups in total. The second-order valence-corrected chi connectivity index (χ2v) is 4.13. The van der Waals surface area contributed by atoms with Crippen molar-refractivity contribution in [3.63, 3.8) is 0 Å². The molecule has 0 radical (unpaired) electrons. The van der Waals surface area contributed by atoms with Crippen LogP contribution in [0, 0.1) is 6.92 Å². The Bertz CT molecular complexity index is 396. The zero-order valence-electron chi connectivity index (χ0n) is 11.4. The molecule has 0 aliphatic rings. The van der Waals surface area contributed by atoms with Crippen molar-refractivity contribution in [3.8, 4) is 11.5 Å². The van der Waals surface area contributed by atoms with E-state index in [0.717, 1.165) is 16.9 Å². The maximum Gasteiger partial charge on any atom is 0.127 e. The monoisotopic (exact) mass is 254 g/mol. The number of nitrogens with one attached hydrogen (secondary N) is 1. The first-order valence-electron chi connectivity index (χ1n) is 5.86. The molecular formula is C13H22N2O3. The molecule has 0 fully saturated rings. The fraction of sp³-hybridized carbons (Fsp3) is 0.538. The zero-order chi connectivity index (χ0) is 13.7. The van der Waals surface area contributed by atoms with Crippen molar-refractivity contribution in [2.75, 3.05) is 27.8 Å². The summed E-state index contributed by atoms with van der Waals surface area (Å²) in [7, 11) is 4.99. The number of aliphatic hydroxyl groups excluding tert-OH is 1. The lowest BCUT2D eigenvalue weighted by Crippen LogP contribution is -2.35. The minimum atomic E-state index is -0.670. The molecule has 1 aromatic carbocycles. The molecule has 0 saturated heterocycles. The Morgan fingerprint density at radius 1 is 1.33 bits per heavy atom. The highest BCUT2D eigenvalue weighted by atomic mass is 16.5. The fourth-order valence-corrected chi connectivity index (χ4v) is 2.08. The average Bonchev–Trinajstić information content (AvgIpc) is 2.40. The van der Waals surface area contributed by atoms with E-state index in [1.807, 2.05) is 13.0 Å². The number of hydrogen-bond donors (Lipinski definition) is 3. The molecular weight excluding hydrogens is 232 g/mol. The van der Waals surface area contributed by atoms with Crippen molar-refractivity contribution in [3.05, 3.63) is 23.3 Å². The van der Waals surface area contributed by atoms with E-state index in [9.17, 15) is 5.11 Å². The van der Waals surface area contributed by atoms with Gasteiger partial charge in [-0.2, -0.15) is 0 Å². The van der Waals surface area contributed by atoms with Crippen LogP contribution in [0.3, 0.4) is 0 Å². The Labute approximate surface area is 108 Å². The van der Waals surface area contributed by atoms with Gasteiger partial charge in [0.25, 0.3) is 0 Å². The molecule has 2 atom stereocenters. The standard InChI is InChI=1S/C13H22N2O3/c1-8-5-9(17-3)6-11(18-4)12(8)13(15-2)10(16)7-14/h5-6,10,13,15-16H,7,14H2,1-4H3. The molecule has 0 aliphatic heterocycles. The normalized spacial score (nSPS) is 14.1. The molecule has 0 bridgehead atoms. The minimum Gasteiger partial charge on any atom is -0.497 e. The van der Waals surface area contributed by atoms with Gasteiger partial charge in [-0.1, -0.05) is 0 Å². The van der Waals surface area contributed by atoms with Gasteiger partial charge in [0.05, 0.1) is 26.4 Å². The molecule has 5 nitrogen and oxygen atoms in total. The number of hydrogen-bond acceptors (Lipinski definition) is 5. The van der Waals surface area contributed by atoms with Gasteiger partial charge < -0.3 is 25.6 Å². The first-order chi connectivity index (χ1) is 8.58. The van der Waals surface area contributed by atoms with Gasteiger partial charge in [0.15, 0.2) is 0 Å². The first-order valence-corrected chi connectivity index (χ1v) is 5.86. The smallest absolute Gasteiger partial charge is 0.127 e. The number of benzene rings is 1. The second kappa shape index (κ2) is 6.58. The molecule has 0 amide bonds. The van der Waals surface area contributed by atoms with Crippen LogP contribution in [0.1, 0.15) is 17.2 Å². The quantitative estimate of drug-likeness (QED) is 0.693. The minimum absolute atomic E-state index is 0.181. The molecule has 0 saturated carbocycles. The van der Waals surface area contributed by atoms with Crippen molar-refractivity contribution in [1.82, 2.24) is 5.32 Å². The highest BCUT2D eigenvalue weighted by Crippen LogP contribution is 2.34. The summed E-state index contributed by atoms with van der Waals surface area (Å²) < 4.78 is 10.6. The Morgan fingerprint density at radius 3 is 2.44 bits per heavy atom. The Morgan fingerprint density at radius 2 is 2.00 bits per heavy atom. The SMILES string of the molecule is CNC(c1c(C)cc(OC)cc1OC)C(O)CN. The van der Waals surface area contributed by atoms with Gasteiger partial charge in [-0.3, -0.25) is 0 Å². The lowest BCUT2D eigenvalue weighted by molar-refractivity contribution is 0.137. The van der Waals surface area contributed by atoms with Gasteiger partial charge >= 0.3 is 0 Å². The Kier molecular flexibility index (Phi) is 5.40. The van der Waals surface area contributed by atoms with Crippen molar-refractivity contribution in [2.24, 2.45) is 5.73 Å².